The summed E-state index contributed by atoms with van der Waals surface area (Å²) in [5.41, 5.74) is -0.233. The molecule has 10 nitrogen and oxygen atoms in total. The predicted octanol–water partition coefficient (Wildman–Crippen LogP) is 0.395. The van der Waals surface area contributed by atoms with Crippen LogP contribution in [0.3, 0.4) is 0 Å². The number of aliphatic hydroxyl groups is 4. The van der Waals surface area contributed by atoms with Crippen molar-refractivity contribution in [2.24, 2.45) is 0 Å². The normalized spacial score (nSPS) is 25.7. The highest BCUT2D eigenvalue weighted by Crippen LogP contribution is 2.45. The summed E-state index contributed by atoms with van der Waals surface area (Å²) in [5, 5.41) is 60.3. The highest BCUT2D eigenvalue weighted by molar-refractivity contribution is 5.88. The van der Waals surface area contributed by atoms with Crippen molar-refractivity contribution in [2.45, 2.75) is 30.5 Å². The number of benzene rings is 2. The molecule has 1 aliphatic heterocycles. The second-order valence-electron chi connectivity index (χ2n) is 7.49. The maximum atomic E-state index is 12.9. The van der Waals surface area contributed by atoms with Gasteiger partial charge in [0.05, 0.1) is 19.3 Å². The van der Waals surface area contributed by atoms with Gasteiger partial charge in [0.2, 0.25) is 0 Å². The lowest BCUT2D eigenvalue weighted by Crippen LogP contribution is -2.55. The van der Waals surface area contributed by atoms with Crippen molar-refractivity contribution < 1.29 is 44.5 Å². The van der Waals surface area contributed by atoms with Crippen LogP contribution in [-0.2, 0) is 4.74 Å². The Morgan fingerprint density at radius 1 is 1.00 bits per heavy atom. The van der Waals surface area contributed by atoms with Crippen LogP contribution < -0.4 is 10.2 Å². The molecule has 0 amide bonds. The smallest absolute Gasteiger partial charge is 0.197 e. The summed E-state index contributed by atoms with van der Waals surface area (Å²) in [7, 11) is 1.29. The first kappa shape index (κ1) is 22.1. The zero-order chi connectivity index (χ0) is 23.2. The van der Waals surface area contributed by atoms with Gasteiger partial charge in [0.15, 0.2) is 5.43 Å². The van der Waals surface area contributed by atoms with Crippen molar-refractivity contribution in [3.63, 3.8) is 0 Å². The number of aliphatic hydroxyl groups excluding tert-OH is 4. The van der Waals surface area contributed by atoms with E-state index in [9.17, 15) is 35.4 Å². The van der Waals surface area contributed by atoms with Crippen molar-refractivity contribution in [3.05, 3.63) is 52.2 Å². The minimum absolute atomic E-state index is 0.00895. The predicted molar refractivity (Wildman–Crippen MR) is 111 cm³/mol. The van der Waals surface area contributed by atoms with Crippen LogP contribution in [-0.4, -0.2) is 68.8 Å². The molecule has 0 unspecified atom stereocenters. The first-order chi connectivity index (χ1) is 15.3. The number of ether oxygens (including phenoxy) is 2. The molecule has 0 radical (unpaired) electrons. The van der Waals surface area contributed by atoms with E-state index in [1.54, 1.807) is 12.1 Å². The van der Waals surface area contributed by atoms with Crippen LogP contribution in [0.15, 0.2) is 45.6 Å². The fourth-order valence-corrected chi connectivity index (χ4v) is 3.85. The Bertz CT molecular complexity index is 1180. The number of rotatable bonds is 4. The quantitative estimate of drug-likeness (QED) is 0.330. The minimum Gasteiger partial charge on any atom is -0.508 e. The molecule has 0 saturated carbocycles. The van der Waals surface area contributed by atoms with Crippen molar-refractivity contribution in [3.8, 4) is 28.6 Å². The van der Waals surface area contributed by atoms with E-state index < -0.39 is 48.3 Å². The van der Waals surface area contributed by atoms with Gasteiger partial charge in [-0.1, -0.05) is 0 Å². The zero-order valence-corrected chi connectivity index (χ0v) is 16.9. The summed E-state index contributed by atoms with van der Waals surface area (Å²) in [6.45, 7) is -0.657. The number of methoxy groups -OCH3 is 1. The van der Waals surface area contributed by atoms with Crippen LogP contribution in [0.4, 0.5) is 0 Å². The van der Waals surface area contributed by atoms with Crippen LogP contribution in [0.5, 0.6) is 17.2 Å². The summed E-state index contributed by atoms with van der Waals surface area (Å²) in [4.78, 5) is 12.9. The minimum atomic E-state index is -1.69. The molecule has 32 heavy (non-hydrogen) atoms. The van der Waals surface area contributed by atoms with Gasteiger partial charge in [0.1, 0.15) is 64.5 Å². The van der Waals surface area contributed by atoms with Crippen LogP contribution in [0.1, 0.15) is 11.7 Å². The number of phenols is 2. The SMILES string of the molecule is COc1cc2oc(-c3ccc(O)cc3)cc(=O)c2c(O)c1[C@@H]1O[C@H](CO)[C@@H](O)[C@@H](O)[C@@H]1O. The second-order valence-corrected chi connectivity index (χ2v) is 7.49. The molecule has 1 aromatic heterocycles. The van der Waals surface area contributed by atoms with E-state index in [-0.39, 0.29) is 33.8 Å². The van der Waals surface area contributed by atoms with Gasteiger partial charge in [0, 0.05) is 17.7 Å². The second kappa shape index (κ2) is 8.41. The van der Waals surface area contributed by atoms with Gasteiger partial charge in [0.25, 0.3) is 0 Å². The van der Waals surface area contributed by atoms with Gasteiger partial charge >= 0.3 is 0 Å². The Morgan fingerprint density at radius 3 is 2.31 bits per heavy atom. The fraction of sp³-hybridized carbons (Fsp3) is 0.318. The molecule has 2 aromatic carbocycles. The van der Waals surface area contributed by atoms with E-state index in [0.29, 0.717) is 5.56 Å². The average molecular weight is 446 g/mol. The Labute approximate surface area is 181 Å². The molecule has 2 heterocycles. The molecule has 5 atom stereocenters. The monoisotopic (exact) mass is 446 g/mol. The molecule has 0 aliphatic carbocycles. The highest BCUT2D eigenvalue weighted by Gasteiger charge is 2.46. The van der Waals surface area contributed by atoms with Gasteiger partial charge in [-0.2, -0.15) is 0 Å². The molecule has 1 aliphatic rings. The van der Waals surface area contributed by atoms with Crippen molar-refractivity contribution in [1.29, 1.82) is 0 Å². The lowest BCUT2D eigenvalue weighted by Gasteiger charge is -2.40. The summed E-state index contributed by atoms with van der Waals surface area (Å²) in [6.07, 6.45) is -7.59. The third kappa shape index (κ3) is 3.57. The number of hydrogen-bond acceptors (Lipinski definition) is 10. The Hall–Kier alpha value is -3.15. The third-order valence-electron chi connectivity index (χ3n) is 5.54. The van der Waals surface area contributed by atoms with Gasteiger partial charge in [-0.3, -0.25) is 4.79 Å². The number of hydrogen-bond donors (Lipinski definition) is 6. The first-order valence-corrected chi connectivity index (χ1v) is 9.74. The maximum Gasteiger partial charge on any atom is 0.197 e. The summed E-state index contributed by atoms with van der Waals surface area (Å²) >= 11 is 0. The van der Waals surface area contributed by atoms with Crippen LogP contribution >= 0.6 is 0 Å². The fourth-order valence-electron chi connectivity index (χ4n) is 3.85. The van der Waals surface area contributed by atoms with E-state index in [0.717, 1.165) is 6.07 Å². The van der Waals surface area contributed by atoms with E-state index >= 15 is 0 Å². The molecular formula is C22H22O10. The van der Waals surface area contributed by atoms with E-state index in [4.69, 9.17) is 13.9 Å². The average Bonchev–Trinajstić information content (AvgIpc) is 2.78. The first-order valence-electron chi connectivity index (χ1n) is 9.74. The Kier molecular flexibility index (Phi) is 5.80. The highest BCUT2D eigenvalue weighted by atomic mass is 16.5. The molecule has 1 fully saturated rings. The van der Waals surface area contributed by atoms with Gasteiger partial charge in [-0.25, -0.2) is 0 Å². The molecule has 0 bridgehead atoms. The number of phenolic OH excluding ortho intramolecular Hbond substituents is 2. The molecule has 6 N–H and O–H groups in total. The summed E-state index contributed by atoms with van der Waals surface area (Å²) in [6, 6.07) is 8.46. The lowest BCUT2D eigenvalue weighted by molar-refractivity contribution is -0.232. The van der Waals surface area contributed by atoms with Gasteiger partial charge < -0.3 is 44.5 Å². The largest absolute Gasteiger partial charge is 0.508 e. The van der Waals surface area contributed by atoms with E-state index in [2.05, 4.69) is 0 Å². The maximum absolute atomic E-state index is 12.9. The molecule has 1 saturated heterocycles. The standard InChI is InChI=1S/C22H22O10/c1-30-13-7-14-16(11(25)6-12(31-14)9-2-4-10(24)5-3-9)19(27)17(13)22-21(29)20(28)18(26)15(8-23)32-22/h2-7,15,18,20-24,26-29H,8H2,1H3/t15-,18-,20-,21+,22+/m1/s1. The topological polar surface area (TPSA) is 170 Å². The van der Waals surface area contributed by atoms with E-state index in [1.165, 1.54) is 25.3 Å². The van der Waals surface area contributed by atoms with Gasteiger partial charge in [-0.15, -0.1) is 0 Å². The van der Waals surface area contributed by atoms with Crippen LogP contribution in [0.2, 0.25) is 0 Å². The number of fused-ring (bicyclic) bond motifs is 1. The summed E-state index contributed by atoms with van der Waals surface area (Å²) < 4.78 is 16.6. The van der Waals surface area contributed by atoms with E-state index in [1.807, 2.05) is 0 Å². The molecule has 10 heteroatoms. The van der Waals surface area contributed by atoms with Gasteiger partial charge in [-0.05, 0) is 24.3 Å². The van der Waals surface area contributed by atoms with Crippen molar-refractivity contribution in [2.75, 3.05) is 13.7 Å². The molecular weight excluding hydrogens is 424 g/mol. The lowest BCUT2D eigenvalue weighted by atomic mass is 9.89. The Morgan fingerprint density at radius 2 is 1.69 bits per heavy atom. The molecule has 4 rings (SSSR count). The molecule has 170 valence electrons. The zero-order valence-electron chi connectivity index (χ0n) is 16.9. The number of aromatic hydroxyl groups is 2. The Balaban J connectivity index is 1.89. The van der Waals surface area contributed by atoms with Crippen molar-refractivity contribution >= 4 is 11.0 Å². The van der Waals surface area contributed by atoms with Crippen LogP contribution in [0.25, 0.3) is 22.3 Å². The molecule has 0 spiro atoms. The van der Waals surface area contributed by atoms with Crippen LogP contribution in [0, 0.1) is 0 Å². The summed E-state index contributed by atoms with van der Waals surface area (Å²) in [5.74, 6) is -0.370. The third-order valence-corrected chi connectivity index (χ3v) is 5.54. The van der Waals surface area contributed by atoms with Crippen molar-refractivity contribution in [1.82, 2.24) is 0 Å². The molecule has 3 aromatic rings.